The molecule has 0 bridgehead atoms. The van der Waals surface area contributed by atoms with Crippen LogP contribution < -0.4 is 10.1 Å². The van der Waals surface area contributed by atoms with Gasteiger partial charge < -0.3 is 14.8 Å². The van der Waals surface area contributed by atoms with E-state index in [1.54, 1.807) is 6.07 Å². The third kappa shape index (κ3) is 5.29. The monoisotopic (exact) mass is 295 g/mol. The summed E-state index contributed by atoms with van der Waals surface area (Å²) in [4.78, 5) is 0. The lowest BCUT2D eigenvalue weighted by atomic mass is 10.1. The molecule has 1 unspecified atom stereocenters. The second kappa shape index (κ2) is 7.23. The fourth-order valence-electron chi connectivity index (χ4n) is 2.60. The maximum atomic E-state index is 13.6. The van der Waals surface area contributed by atoms with E-state index in [0.29, 0.717) is 18.9 Å². The van der Waals surface area contributed by atoms with E-state index in [1.807, 2.05) is 6.07 Å². The van der Waals surface area contributed by atoms with E-state index in [4.69, 9.17) is 9.47 Å². The maximum absolute atomic E-state index is 13.6. The van der Waals surface area contributed by atoms with Crippen molar-refractivity contribution < 1.29 is 13.9 Å². The fourth-order valence-corrected chi connectivity index (χ4v) is 2.60. The zero-order chi connectivity index (χ0) is 15.3. The second-order valence-electron chi connectivity index (χ2n) is 6.32. The van der Waals surface area contributed by atoms with Crippen molar-refractivity contribution >= 4 is 0 Å². The molecule has 4 heteroatoms. The number of benzene rings is 1. The van der Waals surface area contributed by atoms with E-state index >= 15 is 0 Å². The number of hydrogen-bond acceptors (Lipinski definition) is 3. The van der Waals surface area contributed by atoms with Crippen LogP contribution in [0.3, 0.4) is 0 Å². The van der Waals surface area contributed by atoms with Gasteiger partial charge in [0.25, 0.3) is 0 Å². The first-order chi connectivity index (χ1) is 9.98. The molecule has 1 aliphatic heterocycles. The Morgan fingerprint density at radius 2 is 2.19 bits per heavy atom. The summed E-state index contributed by atoms with van der Waals surface area (Å²) in [7, 11) is 0. The van der Waals surface area contributed by atoms with Crippen molar-refractivity contribution in [2.24, 2.45) is 0 Å². The third-order valence-electron chi connectivity index (χ3n) is 3.68. The predicted molar refractivity (Wildman–Crippen MR) is 82.1 cm³/mol. The highest BCUT2D eigenvalue weighted by molar-refractivity contribution is 5.29. The summed E-state index contributed by atoms with van der Waals surface area (Å²) in [5, 5.41) is 3.27. The van der Waals surface area contributed by atoms with Crippen LogP contribution in [0.5, 0.6) is 5.75 Å². The molecule has 1 fully saturated rings. The fraction of sp³-hybridized carbons (Fsp3) is 0.647. The van der Waals surface area contributed by atoms with Crippen LogP contribution >= 0.6 is 0 Å². The number of nitrogens with one attached hydrogen (secondary N) is 1. The highest BCUT2D eigenvalue weighted by Gasteiger charge is 2.31. The van der Waals surface area contributed by atoms with Crippen LogP contribution in [-0.2, 0) is 11.3 Å². The molecule has 1 N–H and O–H groups in total. The normalized spacial score (nSPS) is 20.7. The molecule has 1 aromatic carbocycles. The van der Waals surface area contributed by atoms with Crippen molar-refractivity contribution in [2.45, 2.75) is 58.3 Å². The first-order valence-electron chi connectivity index (χ1n) is 7.79. The van der Waals surface area contributed by atoms with Crippen molar-refractivity contribution in [3.8, 4) is 5.75 Å². The summed E-state index contributed by atoms with van der Waals surface area (Å²) in [6.07, 6.45) is 3.20. The van der Waals surface area contributed by atoms with Gasteiger partial charge in [-0.25, -0.2) is 4.39 Å². The Kier molecular flexibility index (Phi) is 5.59. The molecule has 21 heavy (non-hydrogen) atoms. The summed E-state index contributed by atoms with van der Waals surface area (Å²) in [6, 6.07) is 4.87. The van der Waals surface area contributed by atoms with Gasteiger partial charge in [0, 0.05) is 12.6 Å². The van der Waals surface area contributed by atoms with E-state index in [1.165, 1.54) is 6.07 Å². The Hall–Kier alpha value is -1.13. The predicted octanol–water partition coefficient (Wildman–Crippen LogP) is 3.66. The Balaban J connectivity index is 1.87. The summed E-state index contributed by atoms with van der Waals surface area (Å²) in [5.41, 5.74) is 0.844. The van der Waals surface area contributed by atoms with E-state index in [0.717, 1.165) is 31.4 Å². The van der Waals surface area contributed by atoms with Crippen molar-refractivity contribution in [1.29, 1.82) is 0 Å². The Morgan fingerprint density at radius 1 is 1.38 bits per heavy atom. The average Bonchev–Trinajstić information content (AvgIpc) is 2.76. The zero-order valence-corrected chi connectivity index (χ0v) is 13.2. The molecule has 1 aliphatic rings. The number of halogens is 1. The topological polar surface area (TPSA) is 30.5 Å². The lowest BCUT2D eigenvalue weighted by Gasteiger charge is -2.19. The minimum atomic E-state index is -0.256. The number of hydrogen-bond donors (Lipinski definition) is 1. The minimum absolute atomic E-state index is 0.0643. The molecule has 0 saturated carbocycles. The van der Waals surface area contributed by atoms with Gasteiger partial charge >= 0.3 is 0 Å². The van der Waals surface area contributed by atoms with Crippen LogP contribution in [0, 0.1) is 5.82 Å². The molecule has 118 valence electrons. The Morgan fingerprint density at radius 3 is 2.86 bits per heavy atom. The van der Waals surface area contributed by atoms with Crippen molar-refractivity contribution in [3.05, 3.63) is 29.6 Å². The van der Waals surface area contributed by atoms with Gasteiger partial charge in [0.1, 0.15) is 18.2 Å². The molecule has 3 nitrogen and oxygen atoms in total. The average molecular weight is 295 g/mol. The Bertz CT molecular complexity index is 462. The number of ether oxygens (including phenoxy) is 2. The molecular weight excluding hydrogens is 269 g/mol. The van der Waals surface area contributed by atoms with Gasteiger partial charge in [-0.15, -0.1) is 0 Å². The summed E-state index contributed by atoms with van der Waals surface area (Å²) >= 11 is 0. The second-order valence-corrected chi connectivity index (χ2v) is 6.32. The van der Waals surface area contributed by atoms with Crippen molar-refractivity contribution in [2.75, 3.05) is 13.2 Å². The van der Waals surface area contributed by atoms with Gasteiger partial charge in [0.15, 0.2) is 0 Å². The molecule has 0 radical (unpaired) electrons. The molecule has 1 heterocycles. The molecule has 0 amide bonds. The molecule has 1 saturated heterocycles. The SMILES string of the molecule is CCCNCc1cc(F)cc(OCC2CCC(C)(C)O2)c1. The highest BCUT2D eigenvalue weighted by atomic mass is 19.1. The zero-order valence-electron chi connectivity index (χ0n) is 13.2. The molecule has 0 aromatic heterocycles. The van der Waals surface area contributed by atoms with Gasteiger partial charge in [-0.2, -0.15) is 0 Å². The largest absolute Gasteiger partial charge is 0.491 e. The smallest absolute Gasteiger partial charge is 0.127 e. The van der Waals surface area contributed by atoms with Crippen LogP contribution in [-0.4, -0.2) is 24.9 Å². The molecule has 2 rings (SSSR count). The van der Waals surface area contributed by atoms with E-state index in [9.17, 15) is 4.39 Å². The van der Waals surface area contributed by atoms with Gasteiger partial charge in [-0.3, -0.25) is 0 Å². The standard InChI is InChI=1S/C17H26FNO2/c1-4-7-19-11-13-8-14(18)10-16(9-13)20-12-15-5-6-17(2,3)21-15/h8-10,15,19H,4-7,11-12H2,1-3H3. The van der Waals surface area contributed by atoms with E-state index < -0.39 is 0 Å². The third-order valence-corrected chi connectivity index (χ3v) is 3.68. The van der Waals surface area contributed by atoms with E-state index in [2.05, 4.69) is 26.1 Å². The van der Waals surface area contributed by atoms with Gasteiger partial charge in [-0.05, 0) is 57.4 Å². The van der Waals surface area contributed by atoms with Crippen molar-refractivity contribution in [1.82, 2.24) is 5.32 Å². The lowest BCUT2D eigenvalue weighted by molar-refractivity contribution is -0.0327. The molecule has 1 aromatic rings. The molecule has 1 atom stereocenters. The van der Waals surface area contributed by atoms with Crippen LogP contribution in [0.1, 0.15) is 45.6 Å². The van der Waals surface area contributed by atoms with Gasteiger partial charge in [0.2, 0.25) is 0 Å². The number of rotatable bonds is 7. The van der Waals surface area contributed by atoms with Crippen LogP contribution in [0.2, 0.25) is 0 Å². The lowest BCUT2D eigenvalue weighted by Crippen LogP contribution is -2.24. The van der Waals surface area contributed by atoms with Crippen LogP contribution in [0.25, 0.3) is 0 Å². The Labute approximate surface area is 126 Å². The van der Waals surface area contributed by atoms with Crippen LogP contribution in [0.4, 0.5) is 4.39 Å². The molecular formula is C17H26FNO2. The van der Waals surface area contributed by atoms with Gasteiger partial charge in [-0.1, -0.05) is 6.92 Å². The molecule has 0 aliphatic carbocycles. The van der Waals surface area contributed by atoms with Gasteiger partial charge in [0.05, 0.1) is 11.7 Å². The first-order valence-corrected chi connectivity index (χ1v) is 7.79. The summed E-state index contributed by atoms with van der Waals surface area (Å²) in [5.74, 6) is 0.324. The summed E-state index contributed by atoms with van der Waals surface area (Å²) < 4.78 is 25.2. The summed E-state index contributed by atoms with van der Waals surface area (Å²) in [6.45, 7) is 8.36. The molecule has 0 spiro atoms. The minimum Gasteiger partial charge on any atom is -0.491 e. The first kappa shape index (κ1) is 16.2. The van der Waals surface area contributed by atoms with E-state index in [-0.39, 0.29) is 17.5 Å². The van der Waals surface area contributed by atoms with Crippen molar-refractivity contribution in [3.63, 3.8) is 0 Å². The quantitative estimate of drug-likeness (QED) is 0.779. The van der Waals surface area contributed by atoms with Crippen LogP contribution in [0.15, 0.2) is 18.2 Å². The maximum Gasteiger partial charge on any atom is 0.127 e. The highest BCUT2D eigenvalue weighted by Crippen LogP contribution is 2.29.